The molecule has 0 spiro atoms. The summed E-state index contributed by atoms with van der Waals surface area (Å²) >= 11 is 0. The van der Waals surface area contributed by atoms with E-state index in [9.17, 15) is 9.59 Å². The van der Waals surface area contributed by atoms with E-state index in [4.69, 9.17) is 14.2 Å². The molecule has 6 heteroatoms. The lowest BCUT2D eigenvalue weighted by molar-refractivity contribution is -0.154. The number of hydrogen-bond donors (Lipinski definition) is 1. The van der Waals surface area contributed by atoms with Gasteiger partial charge in [0.15, 0.2) is 17.6 Å². The molecule has 1 atom stereocenters. The molecule has 1 aromatic carbocycles. The van der Waals surface area contributed by atoms with Crippen molar-refractivity contribution >= 4 is 12.1 Å². The molecule has 0 saturated heterocycles. The normalized spacial score (nSPS) is 18.7. The molecule has 1 aromatic rings. The molecule has 108 valence electrons. The largest absolute Gasteiger partial charge is 0.479 e. The third-order valence-electron chi connectivity index (χ3n) is 2.98. The Labute approximate surface area is 117 Å². The number of benzene rings is 1. The van der Waals surface area contributed by atoms with Crippen molar-refractivity contribution in [3.8, 4) is 11.5 Å². The molecule has 0 bridgehead atoms. The highest BCUT2D eigenvalue weighted by Gasteiger charge is 2.45. The highest BCUT2D eigenvalue weighted by molar-refractivity contribution is 5.72. The van der Waals surface area contributed by atoms with Crippen LogP contribution in [0.4, 0.5) is 4.79 Å². The van der Waals surface area contributed by atoms with Gasteiger partial charge < -0.3 is 19.5 Å². The second-order valence-corrected chi connectivity index (χ2v) is 5.01. The van der Waals surface area contributed by atoms with Crippen LogP contribution in [-0.2, 0) is 9.53 Å². The molecule has 6 nitrogen and oxygen atoms in total. The number of carbonyl (C=O) groups is 2. The van der Waals surface area contributed by atoms with Crippen LogP contribution in [0.5, 0.6) is 11.5 Å². The van der Waals surface area contributed by atoms with Gasteiger partial charge in [-0.15, -0.1) is 0 Å². The summed E-state index contributed by atoms with van der Waals surface area (Å²) in [5, 5.41) is 2.37. The molecule has 1 aliphatic heterocycles. The van der Waals surface area contributed by atoms with Gasteiger partial charge in [0.2, 0.25) is 0 Å². The summed E-state index contributed by atoms with van der Waals surface area (Å²) in [7, 11) is 1.47. The smallest absolute Gasteiger partial charge is 0.412 e. The topological polar surface area (TPSA) is 73.9 Å². The van der Waals surface area contributed by atoms with Crippen molar-refractivity contribution in [3.05, 3.63) is 23.8 Å². The number of para-hydroxylation sites is 1. The van der Waals surface area contributed by atoms with Crippen molar-refractivity contribution in [2.45, 2.75) is 32.5 Å². The first-order chi connectivity index (χ1) is 9.35. The molecule has 1 N–H and O–H groups in total. The van der Waals surface area contributed by atoms with E-state index in [2.05, 4.69) is 5.32 Å². The van der Waals surface area contributed by atoms with Crippen molar-refractivity contribution < 1.29 is 23.8 Å². The van der Waals surface area contributed by atoms with Gasteiger partial charge in [0.25, 0.3) is 0 Å². The third kappa shape index (κ3) is 2.54. The Bertz CT molecular complexity index is 552. The molecule has 1 heterocycles. The first kappa shape index (κ1) is 14.2. The maximum Gasteiger partial charge on any atom is 0.412 e. The molecule has 0 saturated carbocycles. The molecule has 20 heavy (non-hydrogen) atoms. The van der Waals surface area contributed by atoms with Gasteiger partial charge in [0.1, 0.15) is 5.60 Å². The molecule has 1 unspecified atom stereocenters. The summed E-state index contributed by atoms with van der Waals surface area (Å²) in [5.41, 5.74) is -0.0394. The van der Waals surface area contributed by atoms with E-state index in [1.165, 1.54) is 14.0 Å². The van der Waals surface area contributed by atoms with E-state index in [1.54, 1.807) is 18.2 Å². The predicted molar refractivity (Wildman–Crippen MR) is 70.7 cm³/mol. The first-order valence-electron chi connectivity index (χ1n) is 6.24. The number of esters is 1. The Hall–Kier alpha value is -2.24. The van der Waals surface area contributed by atoms with Crippen molar-refractivity contribution in [1.29, 1.82) is 0 Å². The molecule has 1 aliphatic rings. The van der Waals surface area contributed by atoms with Crippen molar-refractivity contribution in [3.63, 3.8) is 0 Å². The highest BCUT2D eigenvalue weighted by atomic mass is 16.6. The summed E-state index contributed by atoms with van der Waals surface area (Å²) in [6.07, 6.45) is -1.13. The van der Waals surface area contributed by atoms with Gasteiger partial charge in [-0.2, -0.15) is 0 Å². The van der Waals surface area contributed by atoms with Crippen LogP contribution in [0.2, 0.25) is 0 Å². The van der Waals surface area contributed by atoms with Crippen LogP contribution in [0.3, 0.4) is 0 Å². The zero-order valence-corrected chi connectivity index (χ0v) is 11.9. The first-order valence-corrected chi connectivity index (χ1v) is 6.24. The summed E-state index contributed by atoms with van der Waals surface area (Å²) in [5.74, 6) is 0.328. The molecule has 1 amide bonds. The number of hydrogen-bond acceptors (Lipinski definition) is 5. The fraction of sp³-hybridized carbons (Fsp3) is 0.429. The van der Waals surface area contributed by atoms with E-state index < -0.39 is 23.8 Å². The lowest BCUT2D eigenvalue weighted by atomic mass is 9.97. The second kappa shape index (κ2) is 5.03. The van der Waals surface area contributed by atoms with Gasteiger partial charge in [-0.05, 0) is 19.9 Å². The number of nitrogens with one attached hydrogen (secondary N) is 1. The Morgan fingerprint density at radius 3 is 2.65 bits per heavy atom. The number of amides is 1. The minimum absolute atomic E-state index is 0.296. The van der Waals surface area contributed by atoms with E-state index in [1.807, 2.05) is 13.8 Å². The van der Waals surface area contributed by atoms with Crippen LogP contribution in [0.25, 0.3) is 0 Å². The van der Waals surface area contributed by atoms with Crippen LogP contribution in [-0.4, -0.2) is 24.7 Å². The van der Waals surface area contributed by atoms with E-state index >= 15 is 0 Å². The van der Waals surface area contributed by atoms with Crippen LogP contribution in [0.1, 0.15) is 32.4 Å². The summed E-state index contributed by atoms with van der Waals surface area (Å²) in [6, 6.07) is 5.13. The van der Waals surface area contributed by atoms with E-state index in [0.717, 1.165) is 0 Å². The minimum atomic E-state index is -0.726. The lowest BCUT2D eigenvalue weighted by Crippen LogP contribution is -2.32. The Kier molecular flexibility index (Phi) is 3.57. The Morgan fingerprint density at radius 1 is 1.35 bits per heavy atom. The average Bonchev–Trinajstić information content (AvgIpc) is 2.62. The summed E-state index contributed by atoms with van der Waals surface area (Å²) in [6.45, 7) is 4.97. The lowest BCUT2D eigenvalue weighted by Gasteiger charge is -2.25. The van der Waals surface area contributed by atoms with Crippen LogP contribution in [0, 0.1) is 0 Å². The predicted octanol–water partition coefficient (Wildman–Crippen LogP) is 2.18. The highest BCUT2D eigenvalue weighted by Crippen LogP contribution is 2.49. The van der Waals surface area contributed by atoms with Gasteiger partial charge >= 0.3 is 12.1 Å². The molecule has 0 radical (unpaired) electrons. The molecule has 0 aromatic heterocycles. The van der Waals surface area contributed by atoms with E-state index in [-0.39, 0.29) is 0 Å². The van der Waals surface area contributed by atoms with Gasteiger partial charge in [-0.25, -0.2) is 4.79 Å². The SMILES string of the molecule is CNC(=O)Oc1cccc2c1OC(C)(C)C2OC(C)=O. The van der Waals surface area contributed by atoms with Crippen molar-refractivity contribution in [2.75, 3.05) is 7.05 Å². The average molecular weight is 279 g/mol. The zero-order valence-electron chi connectivity index (χ0n) is 11.9. The maximum atomic E-state index is 11.3. The zero-order chi connectivity index (χ0) is 14.9. The molecular weight excluding hydrogens is 262 g/mol. The number of fused-ring (bicyclic) bond motifs is 1. The van der Waals surface area contributed by atoms with Gasteiger partial charge in [-0.1, -0.05) is 12.1 Å². The summed E-state index contributed by atoms with van der Waals surface area (Å²) < 4.78 is 16.3. The van der Waals surface area contributed by atoms with Gasteiger partial charge in [0, 0.05) is 19.5 Å². The second-order valence-electron chi connectivity index (χ2n) is 5.01. The van der Waals surface area contributed by atoms with Gasteiger partial charge in [0.05, 0.1) is 0 Å². The molecule has 0 aliphatic carbocycles. The quantitative estimate of drug-likeness (QED) is 0.840. The summed E-state index contributed by atoms with van der Waals surface area (Å²) in [4.78, 5) is 22.6. The third-order valence-corrected chi connectivity index (χ3v) is 2.98. The fourth-order valence-electron chi connectivity index (χ4n) is 2.14. The number of rotatable bonds is 2. The number of carbonyl (C=O) groups excluding carboxylic acids is 2. The standard InChI is InChI=1S/C14H17NO5/c1-8(16)18-12-9-6-5-7-10(19-13(17)15-4)11(9)20-14(12,2)3/h5-7,12H,1-4H3,(H,15,17). The Balaban J connectivity index is 2.39. The van der Waals surface area contributed by atoms with Crippen LogP contribution < -0.4 is 14.8 Å². The monoisotopic (exact) mass is 279 g/mol. The van der Waals surface area contributed by atoms with Crippen molar-refractivity contribution in [1.82, 2.24) is 5.32 Å². The van der Waals surface area contributed by atoms with Crippen molar-refractivity contribution in [2.24, 2.45) is 0 Å². The van der Waals surface area contributed by atoms with Gasteiger partial charge in [-0.3, -0.25) is 4.79 Å². The molecule has 0 fully saturated rings. The molecular formula is C14H17NO5. The molecule has 2 rings (SSSR count). The number of ether oxygens (including phenoxy) is 3. The fourth-order valence-corrected chi connectivity index (χ4v) is 2.14. The van der Waals surface area contributed by atoms with Crippen LogP contribution in [0.15, 0.2) is 18.2 Å². The van der Waals surface area contributed by atoms with Crippen LogP contribution >= 0.6 is 0 Å². The van der Waals surface area contributed by atoms with E-state index in [0.29, 0.717) is 17.1 Å². The minimum Gasteiger partial charge on any atom is -0.479 e. The maximum absolute atomic E-state index is 11.3. The Morgan fingerprint density at radius 2 is 2.05 bits per heavy atom.